The Labute approximate surface area is 119 Å². The Hall–Kier alpha value is -1.43. The third-order valence-corrected chi connectivity index (χ3v) is 6.07. The van der Waals surface area contributed by atoms with Gasteiger partial charge in [0.1, 0.15) is 0 Å². The van der Waals surface area contributed by atoms with Crippen molar-refractivity contribution < 1.29 is 8.42 Å². The highest BCUT2D eigenvalue weighted by molar-refractivity contribution is 7.92. The minimum Gasteiger partial charge on any atom is -0.271 e. The van der Waals surface area contributed by atoms with Gasteiger partial charge in [-0.15, -0.1) is 0 Å². The van der Waals surface area contributed by atoms with Gasteiger partial charge in [-0.2, -0.15) is 0 Å². The molecule has 0 saturated carbocycles. The van der Waals surface area contributed by atoms with Gasteiger partial charge in [0.05, 0.1) is 10.8 Å². The first-order valence-electron chi connectivity index (χ1n) is 6.42. The lowest BCUT2D eigenvalue weighted by molar-refractivity contribution is 0.428. The van der Waals surface area contributed by atoms with Gasteiger partial charge >= 0.3 is 0 Å². The monoisotopic (exact) mass is 292 g/mol. The van der Waals surface area contributed by atoms with Crippen LogP contribution in [-0.2, 0) is 9.84 Å². The molecule has 20 heavy (non-hydrogen) atoms. The number of nitrogens with two attached hydrogens (primary N) is 1. The standard InChI is InChI=1S/C15H20N2O2S/c1-15(2,20(3,18)19)14(17-16)13-9-8-11-6-4-5-7-12(11)10-13/h4-10,14,17H,16H2,1-3H3. The molecule has 2 aromatic rings. The highest BCUT2D eigenvalue weighted by Gasteiger charge is 2.39. The number of sulfone groups is 1. The second-order valence-corrected chi connectivity index (χ2v) is 8.18. The topological polar surface area (TPSA) is 72.2 Å². The summed E-state index contributed by atoms with van der Waals surface area (Å²) in [6.07, 6.45) is 1.23. The first kappa shape index (κ1) is 15.0. The summed E-state index contributed by atoms with van der Waals surface area (Å²) in [5.74, 6) is 5.62. The average molecular weight is 292 g/mol. The molecule has 0 amide bonds. The highest BCUT2D eigenvalue weighted by atomic mass is 32.2. The van der Waals surface area contributed by atoms with Crippen LogP contribution in [0.25, 0.3) is 10.8 Å². The van der Waals surface area contributed by atoms with Crippen LogP contribution in [0.15, 0.2) is 42.5 Å². The third kappa shape index (κ3) is 2.57. The molecule has 5 heteroatoms. The van der Waals surface area contributed by atoms with Crippen molar-refractivity contribution in [2.45, 2.75) is 24.6 Å². The SMILES string of the molecule is CC(C)(C(NN)c1ccc2ccccc2c1)S(C)(=O)=O. The third-order valence-electron chi connectivity index (χ3n) is 3.92. The van der Waals surface area contributed by atoms with E-state index in [1.165, 1.54) is 6.26 Å². The van der Waals surface area contributed by atoms with E-state index < -0.39 is 20.6 Å². The van der Waals surface area contributed by atoms with Crippen molar-refractivity contribution in [2.24, 2.45) is 5.84 Å². The summed E-state index contributed by atoms with van der Waals surface area (Å²) in [5, 5.41) is 2.18. The van der Waals surface area contributed by atoms with Crippen molar-refractivity contribution in [2.75, 3.05) is 6.26 Å². The normalized spacial score (nSPS) is 14.4. The van der Waals surface area contributed by atoms with Gasteiger partial charge in [-0.1, -0.05) is 36.4 Å². The van der Waals surface area contributed by atoms with Gasteiger partial charge in [-0.05, 0) is 36.2 Å². The van der Waals surface area contributed by atoms with Crippen LogP contribution >= 0.6 is 0 Å². The van der Waals surface area contributed by atoms with Crippen molar-refractivity contribution in [3.8, 4) is 0 Å². The fourth-order valence-electron chi connectivity index (χ4n) is 2.30. The Balaban J connectivity index is 2.55. The van der Waals surface area contributed by atoms with Gasteiger partial charge < -0.3 is 0 Å². The number of hydrogen-bond acceptors (Lipinski definition) is 4. The first-order valence-corrected chi connectivity index (χ1v) is 8.31. The van der Waals surface area contributed by atoms with E-state index in [2.05, 4.69) is 5.43 Å². The van der Waals surface area contributed by atoms with E-state index in [9.17, 15) is 8.42 Å². The molecule has 3 N–H and O–H groups in total. The van der Waals surface area contributed by atoms with E-state index in [-0.39, 0.29) is 0 Å². The van der Waals surface area contributed by atoms with E-state index in [0.29, 0.717) is 0 Å². The molecule has 0 aliphatic carbocycles. The first-order chi connectivity index (χ1) is 9.27. The Morgan fingerprint density at radius 2 is 1.70 bits per heavy atom. The molecule has 108 valence electrons. The molecule has 0 spiro atoms. The van der Waals surface area contributed by atoms with E-state index in [1.54, 1.807) is 13.8 Å². The minimum absolute atomic E-state index is 0.470. The maximum atomic E-state index is 12.0. The van der Waals surface area contributed by atoms with Gasteiger partial charge in [0.25, 0.3) is 0 Å². The highest BCUT2D eigenvalue weighted by Crippen LogP contribution is 2.32. The molecule has 0 aliphatic rings. The number of hydrazine groups is 1. The molecule has 2 aromatic carbocycles. The van der Waals surface area contributed by atoms with Crippen molar-refractivity contribution in [3.63, 3.8) is 0 Å². The molecule has 0 heterocycles. The van der Waals surface area contributed by atoms with Crippen LogP contribution < -0.4 is 11.3 Å². The molecule has 0 bridgehead atoms. The van der Waals surface area contributed by atoms with Crippen LogP contribution in [0.3, 0.4) is 0 Å². The molecule has 2 rings (SSSR count). The second-order valence-electron chi connectivity index (χ2n) is 5.58. The van der Waals surface area contributed by atoms with Crippen LogP contribution in [0.5, 0.6) is 0 Å². The molecule has 0 aliphatic heterocycles. The summed E-state index contributed by atoms with van der Waals surface area (Å²) in [6, 6.07) is 13.4. The number of rotatable bonds is 4. The summed E-state index contributed by atoms with van der Waals surface area (Å²) >= 11 is 0. The molecule has 0 aromatic heterocycles. The molecule has 4 nitrogen and oxygen atoms in total. The molecule has 1 unspecified atom stereocenters. The Bertz CT molecular complexity index is 723. The fraction of sp³-hybridized carbons (Fsp3) is 0.333. The minimum atomic E-state index is -3.26. The molecule has 0 radical (unpaired) electrons. The Morgan fingerprint density at radius 3 is 2.25 bits per heavy atom. The summed E-state index contributed by atoms with van der Waals surface area (Å²) in [5.41, 5.74) is 3.51. The zero-order valence-electron chi connectivity index (χ0n) is 11.9. The second kappa shape index (κ2) is 5.16. The van der Waals surface area contributed by atoms with Crippen LogP contribution in [0.2, 0.25) is 0 Å². The van der Waals surface area contributed by atoms with Gasteiger partial charge in [0.15, 0.2) is 9.84 Å². The van der Waals surface area contributed by atoms with Crippen LogP contribution in [0, 0.1) is 0 Å². The fourth-order valence-corrected chi connectivity index (χ4v) is 2.93. The Kier molecular flexibility index (Phi) is 3.86. The van der Waals surface area contributed by atoms with Crippen molar-refractivity contribution in [1.82, 2.24) is 5.43 Å². The van der Waals surface area contributed by atoms with Crippen molar-refractivity contribution in [3.05, 3.63) is 48.0 Å². The molecule has 1 atom stereocenters. The largest absolute Gasteiger partial charge is 0.271 e. The predicted octanol–water partition coefficient (Wildman–Crippen LogP) is 2.17. The zero-order valence-corrected chi connectivity index (χ0v) is 12.7. The van der Waals surface area contributed by atoms with Crippen LogP contribution in [0.4, 0.5) is 0 Å². The lowest BCUT2D eigenvalue weighted by Gasteiger charge is -2.32. The number of benzene rings is 2. The van der Waals surface area contributed by atoms with Gasteiger partial charge in [-0.3, -0.25) is 11.3 Å². The number of hydrogen-bond donors (Lipinski definition) is 2. The lowest BCUT2D eigenvalue weighted by atomic mass is 9.94. The van der Waals surface area contributed by atoms with Crippen LogP contribution in [0.1, 0.15) is 25.5 Å². The molecular weight excluding hydrogens is 272 g/mol. The van der Waals surface area contributed by atoms with E-state index >= 15 is 0 Å². The smallest absolute Gasteiger partial charge is 0.154 e. The van der Waals surface area contributed by atoms with E-state index in [1.807, 2.05) is 42.5 Å². The van der Waals surface area contributed by atoms with Gasteiger partial charge in [0.2, 0.25) is 0 Å². The summed E-state index contributed by atoms with van der Waals surface area (Å²) in [7, 11) is -3.26. The lowest BCUT2D eigenvalue weighted by Crippen LogP contribution is -2.47. The Morgan fingerprint density at radius 1 is 1.10 bits per heavy atom. The zero-order chi connectivity index (χ0) is 15.0. The van der Waals surface area contributed by atoms with Crippen molar-refractivity contribution >= 4 is 20.6 Å². The molecule has 0 fully saturated rings. The van der Waals surface area contributed by atoms with E-state index in [0.717, 1.165) is 16.3 Å². The maximum absolute atomic E-state index is 12.0. The van der Waals surface area contributed by atoms with Gasteiger partial charge in [0, 0.05) is 6.26 Å². The quantitative estimate of drug-likeness (QED) is 0.669. The maximum Gasteiger partial charge on any atom is 0.154 e. The van der Waals surface area contributed by atoms with E-state index in [4.69, 9.17) is 5.84 Å². The number of fused-ring (bicyclic) bond motifs is 1. The summed E-state index contributed by atoms with van der Waals surface area (Å²) in [6.45, 7) is 3.37. The summed E-state index contributed by atoms with van der Waals surface area (Å²) in [4.78, 5) is 0. The molecular formula is C15H20N2O2S. The van der Waals surface area contributed by atoms with Crippen molar-refractivity contribution in [1.29, 1.82) is 0 Å². The average Bonchev–Trinajstić information content (AvgIpc) is 2.38. The van der Waals surface area contributed by atoms with Gasteiger partial charge in [-0.25, -0.2) is 8.42 Å². The molecule has 0 saturated heterocycles. The van der Waals surface area contributed by atoms with Crippen LogP contribution in [-0.4, -0.2) is 19.4 Å². The predicted molar refractivity (Wildman–Crippen MR) is 82.9 cm³/mol. The number of nitrogens with one attached hydrogen (secondary N) is 1. The summed E-state index contributed by atoms with van der Waals surface area (Å²) < 4.78 is 23.0.